The van der Waals surface area contributed by atoms with Gasteiger partial charge in [-0.25, -0.2) is 4.99 Å². The highest BCUT2D eigenvalue weighted by atomic mass is 16.2. The van der Waals surface area contributed by atoms with Crippen molar-refractivity contribution >= 4 is 41.4 Å². The predicted molar refractivity (Wildman–Crippen MR) is 162 cm³/mol. The number of amides is 4. The molecule has 234 valence electrons. The van der Waals surface area contributed by atoms with Crippen molar-refractivity contribution in [3.8, 4) is 0 Å². The van der Waals surface area contributed by atoms with Crippen LogP contribution in [0.1, 0.15) is 65.7 Å². The second-order valence-corrected chi connectivity index (χ2v) is 12.8. The number of carbonyl (C=O) groups excluding carboxylic acids is 5. The van der Waals surface area contributed by atoms with Crippen molar-refractivity contribution in [2.24, 2.45) is 27.8 Å². The first-order valence-corrected chi connectivity index (χ1v) is 15.5. The normalized spacial score (nSPS) is 26.4. The van der Waals surface area contributed by atoms with Crippen LogP contribution in [-0.4, -0.2) is 102 Å². The summed E-state index contributed by atoms with van der Waals surface area (Å²) >= 11 is 0. The highest BCUT2D eigenvalue weighted by Gasteiger charge is 2.47. The number of imide groups is 2. The van der Waals surface area contributed by atoms with Crippen molar-refractivity contribution in [2.75, 3.05) is 50.7 Å². The molecule has 4 saturated heterocycles. The van der Waals surface area contributed by atoms with Crippen molar-refractivity contribution in [3.05, 3.63) is 41.3 Å². The minimum atomic E-state index is -0.957. The second kappa shape index (κ2) is 12.0. The molecule has 13 heteroatoms. The van der Waals surface area contributed by atoms with E-state index in [1.807, 2.05) is 6.07 Å². The van der Waals surface area contributed by atoms with Crippen LogP contribution in [0, 0.1) is 11.3 Å². The Bertz CT molecular complexity index is 1420. The summed E-state index contributed by atoms with van der Waals surface area (Å²) < 4.78 is 0. The molecule has 4 fully saturated rings. The molecule has 5 aliphatic rings. The lowest BCUT2D eigenvalue weighted by Crippen LogP contribution is -2.60. The number of hydrogen-bond donors (Lipinski definition) is 3. The first-order chi connectivity index (χ1) is 21.2. The largest absolute Gasteiger partial charge is 0.384 e. The van der Waals surface area contributed by atoms with E-state index in [4.69, 9.17) is 11.5 Å². The van der Waals surface area contributed by atoms with Crippen molar-refractivity contribution in [1.29, 1.82) is 0 Å². The summed E-state index contributed by atoms with van der Waals surface area (Å²) in [5.41, 5.74) is 13.4. The quantitative estimate of drug-likeness (QED) is 0.171. The zero-order valence-electron chi connectivity index (χ0n) is 24.9. The van der Waals surface area contributed by atoms with Gasteiger partial charge in [0.2, 0.25) is 11.8 Å². The molecule has 0 radical (unpaired) electrons. The standard InChI is InChI=1S/C31H40N8O5/c32-25(17-40)34-15-26(33)37-10-1-2-20(7-11-37)16-36-12-8-31(9-13-36)18-38(19-31)21-3-4-22-23(14-21)30(44)39(29(22)43)24-5-6-27(41)35-28(24)42/h3-4,14-15,17,20,24H,1-2,5-13,16,18-19,33H2,(H2,32,34)(H,35,41,42)/b26-15+. The Balaban J connectivity index is 0.990. The fourth-order valence-corrected chi connectivity index (χ4v) is 7.35. The number of likely N-dealkylation sites (tertiary alicyclic amines) is 2. The van der Waals surface area contributed by atoms with E-state index in [1.54, 1.807) is 12.1 Å². The minimum absolute atomic E-state index is 0.0876. The van der Waals surface area contributed by atoms with Gasteiger partial charge in [0.05, 0.1) is 17.3 Å². The molecule has 5 aliphatic heterocycles. The monoisotopic (exact) mass is 604 g/mol. The van der Waals surface area contributed by atoms with E-state index in [2.05, 4.69) is 25.0 Å². The lowest BCUT2D eigenvalue weighted by molar-refractivity contribution is -0.136. The van der Waals surface area contributed by atoms with Crippen molar-refractivity contribution in [3.63, 3.8) is 0 Å². The molecule has 5 heterocycles. The van der Waals surface area contributed by atoms with Crippen LogP contribution < -0.4 is 21.7 Å². The molecule has 0 aliphatic carbocycles. The van der Waals surface area contributed by atoms with E-state index in [-0.39, 0.29) is 30.0 Å². The Morgan fingerprint density at radius 1 is 0.977 bits per heavy atom. The molecule has 5 N–H and O–H groups in total. The number of hydrogen-bond acceptors (Lipinski definition) is 10. The van der Waals surface area contributed by atoms with Gasteiger partial charge in [0.15, 0.2) is 12.1 Å². The molecule has 2 atom stereocenters. The number of piperidine rings is 2. The van der Waals surface area contributed by atoms with Gasteiger partial charge in [-0.15, -0.1) is 0 Å². The van der Waals surface area contributed by atoms with Gasteiger partial charge in [0.25, 0.3) is 11.8 Å². The van der Waals surface area contributed by atoms with Crippen LogP contribution in [0.3, 0.4) is 0 Å². The summed E-state index contributed by atoms with van der Waals surface area (Å²) in [6.07, 6.45) is 7.73. The maximum absolute atomic E-state index is 13.2. The molecule has 44 heavy (non-hydrogen) atoms. The van der Waals surface area contributed by atoms with Gasteiger partial charge in [-0.2, -0.15) is 0 Å². The molecule has 1 spiro atoms. The third-order valence-corrected chi connectivity index (χ3v) is 9.95. The molecular formula is C31H40N8O5. The van der Waals surface area contributed by atoms with Gasteiger partial charge in [0.1, 0.15) is 11.9 Å². The zero-order valence-corrected chi connectivity index (χ0v) is 24.9. The number of nitrogens with one attached hydrogen (secondary N) is 1. The summed E-state index contributed by atoms with van der Waals surface area (Å²) in [4.78, 5) is 72.7. The number of aldehydes is 1. The Labute approximate surface area is 256 Å². The molecule has 0 saturated carbocycles. The topological polar surface area (TPSA) is 175 Å². The van der Waals surface area contributed by atoms with E-state index in [0.717, 1.165) is 88.5 Å². The maximum atomic E-state index is 13.2. The number of amidine groups is 1. The van der Waals surface area contributed by atoms with E-state index in [0.29, 0.717) is 29.2 Å². The molecule has 4 amide bonds. The molecular weight excluding hydrogens is 564 g/mol. The molecule has 0 bridgehead atoms. The van der Waals surface area contributed by atoms with Gasteiger partial charge in [0, 0.05) is 50.2 Å². The van der Waals surface area contributed by atoms with Crippen LogP contribution in [0.25, 0.3) is 0 Å². The fraction of sp³-hybridized carbons (Fsp3) is 0.548. The van der Waals surface area contributed by atoms with Crippen LogP contribution in [0.5, 0.6) is 0 Å². The van der Waals surface area contributed by atoms with Crippen molar-refractivity contribution in [2.45, 2.75) is 51.0 Å². The highest BCUT2D eigenvalue weighted by Crippen LogP contribution is 2.44. The van der Waals surface area contributed by atoms with Gasteiger partial charge >= 0.3 is 0 Å². The van der Waals surface area contributed by atoms with Crippen molar-refractivity contribution in [1.82, 2.24) is 20.0 Å². The van der Waals surface area contributed by atoms with Gasteiger partial charge in [-0.1, -0.05) is 0 Å². The summed E-state index contributed by atoms with van der Waals surface area (Å²) in [5, 5.41) is 2.24. The summed E-state index contributed by atoms with van der Waals surface area (Å²) in [6, 6.07) is 4.41. The van der Waals surface area contributed by atoms with Crippen LogP contribution >= 0.6 is 0 Å². The predicted octanol–water partition coefficient (Wildman–Crippen LogP) is 0.406. The average molecular weight is 605 g/mol. The van der Waals surface area contributed by atoms with Crippen LogP contribution in [0.4, 0.5) is 5.69 Å². The van der Waals surface area contributed by atoms with E-state index >= 15 is 0 Å². The number of nitrogens with two attached hydrogens (primary N) is 2. The number of fused-ring (bicyclic) bond motifs is 1. The number of anilines is 1. The van der Waals surface area contributed by atoms with E-state index < -0.39 is 23.8 Å². The average Bonchev–Trinajstić information content (AvgIpc) is 3.13. The number of aliphatic imine (C=N–C) groups is 1. The molecule has 1 aromatic rings. The molecule has 2 unspecified atom stereocenters. The fourth-order valence-electron chi connectivity index (χ4n) is 7.35. The van der Waals surface area contributed by atoms with Gasteiger partial charge in [-0.05, 0) is 75.7 Å². The summed E-state index contributed by atoms with van der Waals surface area (Å²) in [7, 11) is 0. The van der Waals surface area contributed by atoms with E-state index in [1.165, 1.54) is 6.20 Å². The van der Waals surface area contributed by atoms with Gasteiger partial charge < -0.3 is 26.2 Å². The zero-order chi connectivity index (χ0) is 31.0. The smallest absolute Gasteiger partial charge is 0.262 e. The lowest BCUT2D eigenvalue weighted by atomic mass is 9.71. The minimum Gasteiger partial charge on any atom is -0.384 e. The van der Waals surface area contributed by atoms with Crippen LogP contribution in [0.2, 0.25) is 0 Å². The third kappa shape index (κ3) is 5.80. The third-order valence-electron chi connectivity index (χ3n) is 9.95. The van der Waals surface area contributed by atoms with Crippen LogP contribution in [-0.2, 0) is 14.4 Å². The summed E-state index contributed by atoms with van der Waals surface area (Å²) in [5.74, 6) is -0.876. The Morgan fingerprint density at radius 3 is 2.45 bits per heavy atom. The molecule has 13 nitrogen and oxygen atoms in total. The second-order valence-electron chi connectivity index (χ2n) is 12.8. The maximum Gasteiger partial charge on any atom is 0.262 e. The SMILES string of the molecule is N/C(C=O)=N\C=C(/N)N1CCCC(CN2CCC3(CC2)CN(c2ccc4c(c2)C(=O)N(C2CCC(=O)NC2=O)C4=O)C3)CC1. The lowest BCUT2D eigenvalue weighted by Gasteiger charge is -2.55. The Kier molecular flexibility index (Phi) is 8.14. The number of carbonyl (C=O) groups is 5. The number of rotatable bonds is 7. The number of benzene rings is 1. The van der Waals surface area contributed by atoms with Crippen molar-refractivity contribution < 1.29 is 24.0 Å². The number of nitrogens with zero attached hydrogens (tertiary/aromatic N) is 5. The first-order valence-electron chi connectivity index (χ1n) is 15.5. The van der Waals surface area contributed by atoms with E-state index in [9.17, 15) is 24.0 Å². The summed E-state index contributed by atoms with van der Waals surface area (Å²) in [6.45, 7) is 6.77. The first kappa shape index (κ1) is 29.8. The Hall–Kier alpha value is -4.26. The molecule has 0 aromatic heterocycles. The Morgan fingerprint density at radius 2 is 1.73 bits per heavy atom. The molecule has 1 aromatic carbocycles. The van der Waals surface area contributed by atoms with Gasteiger partial charge in [-0.3, -0.25) is 34.2 Å². The molecule has 6 rings (SSSR count). The highest BCUT2D eigenvalue weighted by molar-refractivity contribution is 6.26. The van der Waals surface area contributed by atoms with Crippen LogP contribution in [0.15, 0.2) is 35.2 Å².